The first-order valence-electron chi connectivity index (χ1n) is 7.76. The maximum absolute atomic E-state index is 12.0. The summed E-state index contributed by atoms with van der Waals surface area (Å²) in [4.78, 5) is 12.0. The zero-order chi connectivity index (χ0) is 16.2. The van der Waals surface area contributed by atoms with Crippen LogP contribution < -0.4 is 10.6 Å². The van der Waals surface area contributed by atoms with Crippen molar-refractivity contribution in [2.24, 2.45) is 5.41 Å². The summed E-state index contributed by atoms with van der Waals surface area (Å²) >= 11 is 6.05. The number of hydrogen-bond donors (Lipinski definition) is 3. The smallest absolute Gasteiger partial charge is 0.314 e. The number of nitrogens with one attached hydrogen (secondary N) is 2. The minimum Gasteiger partial charge on any atom is -0.396 e. The molecule has 0 bridgehead atoms. The Hall–Kier alpha value is -1.26. The van der Waals surface area contributed by atoms with Crippen LogP contribution in [0.25, 0.3) is 0 Å². The second kappa shape index (κ2) is 6.88. The Bertz CT molecular complexity index is 527. The molecular weight excluding hydrogens is 300 g/mol. The fraction of sp³-hybridized carbons (Fsp3) is 0.588. The second-order valence-electron chi connectivity index (χ2n) is 6.96. The molecule has 1 aromatic carbocycles. The van der Waals surface area contributed by atoms with Gasteiger partial charge in [0.05, 0.1) is 0 Å². The summed E-state index contributed by atoms with van der Waals surface area (Å²) in [5.41, 5.74) is 1.14. The summed E-state index contributed by atoms with van der Waals surface area (Å²) in [6, 6.07) is 7.72. The fourth-order valence-corrected chi connectivity index (χ4v) is 2.75. The van der Waals surface area contributed by atoms with Crippen molar-refractivity contribution in [1.29, 1.82) is 0 Å². The zero-order valence-corrected chi connectivity index (χ0v) is 14.0. The van der Waals surface area contributed by atoms with Crippen molar-refractivity contribution in [2.45, 2.75) is 38.5 Å². The molecule has 122 valence electrons. The first-order chi connectivity index (χ1) is 10.4. The molecule has 1 aliphatic carbocycles. The van der Waals surface area contributed by atoms with Crippen molar-refractivity contribution in [3.63, 3.8) is 0 Å². The van der Waals surface area contributed by atoms with Gasteiger partial charge in [0.15, 0.2) is 0 Å². The third-order valence-electron chi connectivity index (χ3n) is 4.39. The Kier molecular flexibility index (Phi) is 5.35. The van der Waals surface area contributed by atoms with E-state index in [1.807, 2.05) is 32.0 Å². The van der Waals surface area contributed by atoms with E-state index in [1.54, 1.807) is 0 Å². The molecule has 1 aliphatic rings. The summed E-state index contributed by atoms with van der Waals surface area (Å²) in [6.45, 7) is 5.35. The number of rotatable bonds is 7. The highest BCUT2D eigenvalue weighted by atomic mass is 35.5. The van der Waals surface area contributed by atoms with Crippen LogP contribution in [0.1, 0.15) is 38.7 Å². The van der Waals surface area contributed by atoms with Gasteiger partial charge < -0.3 is 15.7 Å². The number of benzene rings is 1. The van der Waals surface area contributed by atoms with Crippen LogP contribution in [0, 0.1) is 5.41 Å². The Balaban J connectivity index is 1.81. The highest BCUT2D eigenvalue weighted by Crippen LogP contribution is 2.48. The van der Waals surface area contributed by atoms with Gasteiger partial charge in [-0.2, -0.15) is 0 Å². The number of aliphatic hydroxyl groups is 1. The quantitative estimate of drug-likeness (QED) is 0.722. The maximum Gasteiger partial charge on any atom is 0.314 e. The highest BCUT2D eigenvalue weighted by Gasteiger charge is 2.44. The van der Waals surface area contributed by atoms with Crippen molar-refractivity contribution in [2.75, 3.05) is 19.7 Å². The van der Waals surface area contributed by atoms with Crippen LogP contribution in [-0.4, -0.2) is 30.8 Å². The van der Waals surface area contributed by atoms with Crippen LogP contribution >= 0.6 is 11.6 Å². The van der Waals surface area contributed by atoms with Gasteiger partial charge in [-0.1, -0.05) is 37.6 Å². The monoisotopic (exact) mass is 324 g/mol. The number of hydrogen-bond acceptors (Lipinski definition) is 2. The summed E-state index contributed by atoms with van der Waals surface area (Å²) < 4.78 is 0. The average molecular weight is 325 g/mol. The maximum atomic E-state index is 12.0. The zero-order valence-electron chi connectivity index (χ0n) is 13.3. The van der Waals surface area contributed by atoms with Gasteiger partial charge in [-0.15, -0.1) is 0 Å². The van der Waals surface area contributed by atoms with E-state index in [9.17, 15) is 4.79 Å². The number of halogens is 1. The molecule has 0 atom stereocenters. The molecular formula is C17H25ClN2O2. The summed E-state index contributed by atoms with van der Waals surface area (Å²) in [6.07, 6.45) is 2.81. The molecule has 0 aliphatic heterocycles. The molecule has 0 spiro atoms. The van der Waals surface area contributed by atoms with E-state index in [4.69, 9.17) is 16.7 Å². The lowest BCUT2D eigenvalue weighted by molar-refractivity contribution is 0.201. The van der Waals surface area contributed by atoms with Crippen LogP contribution in [0.4, 0.5) is 4.79 Å². The van der Waals surface area contributed by atoms with E-state index in [0.717, 1.165) is 17.9 Å². The SMILES string of the molecule is CC(C)(CCO)CNC(=O)NCC1(c2cccc(Cl)c2)CC1. The Labute approximate surface area is 137 Å². The van der Waals surface area contributed by atoms with E-state index in [1.165, 1.54) is 5.56 Å². The van der Waals surface area contributed by atoms with Crippen LogP contribution in [0.15, 0.2) is 24.3 Å². The van der Waals surface area contributed by atoms with Gasteiger partial charge in [0, 0.05) is 30.1 Å². The van der Waals surface area contributed by atoms with E-state index in [0.29, 0.717) is 19.5 Å². The predicted molar refractivity (Wildman–Crippen MR) is 89.2 cm³/mol. The van der Waals surface area contributed by atoms with Crippen molar-refractivity contribution in [1.82, 2.24) is 10.6 Å². The van der Waals surface area contributed by atoms with Crippen molar-refractivity contribution in [3.8, 4) is 0 Å². The average Bonchev–Trinajstić information content (AvgIpc) is 3.24. The van der Waals surface area contributed by atoms with Gasteiger partial charge in [0.1, 0.15) is 0 Å². The van der Waals surface area contributed by atoms with Crippen molar-refractivity contribution >= 4 is 17.6 Å². The van der Waals surface area contributed by atoms with E-state index in [-0.39, 0.29) is 23.5 Å². The number of amides is 2. The van der Waals surface area contributed by atoms with Gasteiger partial charge in [0.2, 0.25) is 0 Å². The molecule has 1 aromatic rings. The Morgan fingerprint density at radius 3 is 2.68 bits per heavy atom. The van der Waals surface area contributed by atoms with Crippen LogP contribution in [0.3, 0.4) is 0 Å². The third-order valence-corrected chi connectivity index (χ3v) is 4.63. The summed E-state index contributed by atoms with van der Waals surface area (Å²) in [7, 11) is 0. The number of urea groups is 1. The van der Waals surface area contributed by atoms with Gasteiger partial charge in [-0.3, -0.25) is 0 Å². The molecule has 3 N–H and O–H groups in total. The number of aliphatic hydroxyl groups excluding tert-OH is 1. The molecule has 5 heteroatoms. The van der Waals surface area contributed by atoms with Gasteiger partial charge >= 0.3 is 6.03 Å². The lowest BCUT2D eigenvalue weighted by Crippen LogP contribution is -2.43. The predicted octanol–water partition coefficient (Wildman–Crippen LogP) is 3.08. The van der Waals surface area contributed by atoms with Gasteiger partial charge in [-0.25, -0.2) is 4.79 Å². The Morgan fingerprint density at radius 1 is 1.36 bits per heavy atom. The van der Waals surface area contributed by atoms with E-state index in [2.05, 4.69) is 16.7 Å². The molecule has 0 saturated heterocycles. The molecule has 1 fully saturated rings. The van der Waals surface area contributed by atoms with Crippen LogP contribution in [0.5, 0.6) is 0 Å². The number of carbonyl (C=O) groups is 1. The van der Waals surface area contributed by atoms with E-state index >= 15 is 0 Å². The minimum atomic E-state index is -0.153. The third kappa shape index (κ3) is 4.62. The molecule has 2 amide bonds. The Morgan fingerprint density at radius 2 is 2.09 bits per heavy atom. The first-order valence-corrected chi connectivity index (χ1v) is 8.13. The standard InChI is InChI=1S/C17H25ClN2O2/c1-16(2,8-9-21)11-19-15(22)20-12-17(6-7-17)13-4-3-5-14(18)10-13/h3-5,10,21H,6-9,11-12H2,1-2H3,(H2,19,20,22). The lowest BCUT2D eigenvalue weighted by atomic mass is 9.90. The van der Waals surface area contributed by atoms with Crippen LogP contribution in [-0.2, 0) is 5.41 Å². The van der Waals surface area contributed by atoms with E-state index < -0.39 is 0 Å². The highest BCUT2D eigenvalue weighted by molar-refractivity contribution is 6.30. The van der Waals surface area contributed by atoms with Crippen molar-refractivity contribution < 1.29 is 9.90 Å². The molecule has 0 aromatic heterocycles. The lowest BCUT2D eigenvalue weighted by Gasteiger charge is -2.24. The molecule has 4 nitrogen and oxygen atoms in total. The fourth-order valence-electron chi connectivity index (χ4n) is 2.56. The molecule has 0 radical (unpaired) electrons. The normalized spacial score (nSPS) is 16.2. The summed E-state index contributed by atoms with van der Waals surface area (Å²) in [5, 5.41) is 15.6. The van der Waals surface area contributed by atoms with Crippen molar-refractivity contribution in [3.05, 3.63) is 34.9 Å². The molecule has 22 heavy (non-hydrogen) atoms. The second-order valence-corrected chi connectivity index (χ2v) is 7.40. The molecule has 0 heterocycles. The van der Waals surface area contributed by atoms with Gasteiger partial charge in [-0.05, 0) is 42.4 Å². The summed E-state index contributed by atoms with van der Waals surface area (Å²) in [5.74, 6) is 0. The van der Waals surface area contributed by atoms with Crippen LogP contribution in [0.2, 0.25) is 5.02 Å². The largest absolute Gasteiger partial charge is 0.396 e. The molecule has 2 rings (SSSR count). The molecule has 1 saturated carbocycles. The number of carbonyl (C=O) groups excluding carboxylic acids is 1. The topological polar surface area (TPSA) is 61.4 Å². The first kappa shape index (κ1) is 17.1. The molecule has 0 unspecified atom stereocenters. The minimum absolute atomic E-state index is 0.0445. The van der Waals surface area contributed by atoms with Gasteiger partial charge in [0.25, 0.3) is 0 Å².